The third kappa shape index (κ3) is 2.63. The molecule has 1 N–H and O–H groups in total. The molecule has 1 amide bonds. The Kier molecular flexibility index (Phi) is 3.87. The number of piperidine rings is 1. The Hall–Kier alpha value is -0.870. The van der Waals surface area contributed by atoms with Gasteiger partial charge in [0.15, 0.2) is 0 Å². The van der Waals surface area contributed by atoms with Crippen molar-refractivity contribution in [2.24, 2.45) is 5.92 Å². The molecule has 0 spiro atoms. The van der Waals surface area contributed by atoms with E-state index in [9.17, 15) is 9.90 Å². The number of carbonyl (C=O) groups excluding carboxylic acids is 1. The predicted octanol–water partition coefficient (Wildman–Crippen LogP) is 3.22. The van der Waals surface area contributed by atoms with Crippen molar-refractivity contribution in [3.8, 4) is 0 Å². The lowest BCUT2D eigenvalue weighted by Crippen LogP contribution is -2.54. The van der Waals surface area contributed by atoms with Crippen LogP contribution < -0.4 is 0 Å². The molecule has 2 atom stereocenters. The molecule has 1 heterocycles. The molecule has 1 aliphatic carbocycles. The Morgan fingerprint density at radius 3 is 3.00 bits per heavy atom. The van der Waals surface area contributed by atoms with E-state index in [-0.39, 0.29) is 11.8 Å². The monoisotopic (exact) mass is 337 g/mol. The minimum absolute atomic E-state index is 0.0823. The number of carbonyl (C=O) groups is 1. The van der Waals surface area contributed by atoms with Gasteiger partial charge in [-0.2, -0.15) is 0 Å². The maximum atomic E-state index is 12.6. The normalized spacial score (nSPS) is 29.9. The summed E-state index contributed by atoms with van der Waals surface area (Å²) in [6.45, 7) is 1.36. The van der Waals surface area contributed by atoms with Gasteiger partial charge in [-0.1, -0.05) is 34.8 Å². The summed E-state index contributed by atoms with van der Waals surface area (Å²) in [6, 6.07) is 7.53. The highest BCUT2D eigenvalue weighted by Gasteiger charge is 2.43. The largest absolute Gasteiger partial charge is 0.389 e. The van der Waals surface area contributed by atoms with Gasteiger partial charge in [-0.15, -0.1) is 0 Å². The van der Waals surface area contributed by atoms with Gasteiger partial charge in [0.2, 0.25) is 0 Å². The minimum atomic E-state index is -0.522. The van der Waals surface area contributed by atoms with Crippen LogP contribution in [-0.4, -0.2) is 34.6 Å². The average molecular weight is 338 g/mol. The molecule has 0 radical (unpaired) electrons. The summed E-state index contributed by atoms with van der Waals surface area (Å²) < 4.78 is 0.925. The van der Waals surface area contributed by atoms with E-state index in [1.54, 1.807) is 0 Å². The van der Waals surface area contributed by atoms with Gasteiger partial charge in [0.25, 0.3) is 5.91 Å². The zero-order chi connectivity index (χ0) is 14.2. The van der Waals surface area contributed by atoms with Crippen molar-refractivity contribution in [3.63, 3.8) is 0 Å². The van der Waals surface area contributed by atoms with Crippen molar-refractivity contribution in [1.82, 2.24) is 4.90 Å². The molecule has 3 nitrogen and oxygen atoms in total. The first-order valence-electron chi connectivity index (χ1n) is 7.36. The molecule has 4 heteroatoms. The molecule has 2 aliphatic rings. The van der Waals surface area contributed by atoms with Crippen LogP contribution in [0.25, 0.3) is 0 Å². The summed E-state index contributed by atoms with van der Waals surface area (Å²) in [4.78, 5) is 14.5. The van der Waals surface area contributed by atoms with Crippen molar-refractivity contribution in [2.75, 3.05) is 13.1 Å². The SMILES string of the molecule is O=C(c1cccc(Br)c1)N1CC[C@@]2(O)CCCC[C@H]2C1. The number of halogens is 1. The molecular weight excluding hydrogens is 318 g/mol. The summed E-state index contributed by atoms with van der Waals surface area (Å²) >= 11 is 3.41. The first kappa shape index (κ1) is 14.1. The number of benzene rings is 1. The van der Waals surface area contributed by atoms with Gasteiger partial charge in [-0.05, 0) is 37.5 Å². The third-order valence-corrected chi connectivity index (χ3v) is 5.28. The van der Waals surface area contributed by atoms with Crippen molar-refractivity contribution in [1.29, 1.82) is 0 Å². The standard InChI is InChI=1S/C16H20BrNO2/c17-14-6-3-4-12(10-14)15(19)18-9-8-16(20)7-2-1-5-13(16)11-18/h3-4,6,10,13,20H,1-2,5,7-9,11H2/t13-,16-/m0/s1. The van der Waals surface area contributed by atoms with Gasteiger partial charge >= 0.3 is 0 Å². The molecule has 108 valence electrons. The first-order chi connectivity index (χ1) is 9.58. The van der Waals surface area contributed by atoms with Crippen molar-refractivity contribution < 1.29 is 9.90 Å². The molecule has 1 aromatic carbocycles. The van der Waals surface area contributed by atoms with Crippen LogP contribution in [0.4, 0.5) is 0 Å². The number of hydrogen-bond donors (Lipinski definition) is 1. The van der Waals surface area contributed by atoms with Gasteiger partial charge in [-0.3, -0.25) is 4.79 Å². The van der Waals surface area contributed by atoms with Crippen molar-refractivity contribution in [2.45, 2.75) is 37.7 Å². The lowest BCUT2D eigenvalue weighted by molar-refractivity contribution is -0.0886. The van der Waals surface area contributed by atoms with Gasteiger partial charge in [-0.25, -0.2) is 0 Å². The molecule has 1 aromatic rings. The predicted molar refractivity (Wildman–Crippen MR) is 81.6 cm³/mol. The Morgan fingerprint density at radius 1 is 1.35 bits per heavy atom. The maximum Gasteiger partial charge on any atom is 0.253 e. The number of hydrogen-bond acceptors (Lipinski definition) is 2. The van der Waals surface area contributed by atoms with Crippen molar-refractivity contribution in [3.05, 3.63) is 34.3 Å². The van der Waals surface area contributed by atoms with E-state index in [0.717, 1.165) is 35.7 Å². The Labute approximate surface area is 128 Å². The number of aliphatic hydroxyl groups is 1. The molecule has 1 saturated heterocycles. The highest BCUT2D eigenvalue weighted by molar-refractivity contribution is 9.10. The zero-order valence-electron chi connectivity index (χ0n) is 11.5. The van der Waals surface area contributed by atoms with E-state index >= 15 is 0 Å². The Morgan fingerprint density at radius 2 is 2.20 bits per heavy atom. The van der Waals surface area contributed by atoms with Gasteiger partial charge < -0.3 is 10.0 Å². The van der Waals surface area contributed by atoms with E-state index in [1.807, 2.05) is 29.2 Å². The Bertz CT molecular complexity index is 519. The first-order valence-corrected chi connectivity index (χ1v) is 8.15. The highest BCUT2D eigenvalue weighted by atomic mass is 79.9. The third-order valence-electron chi connectivity index (χ3n) is 4.79. The van der Waals surface area contributed by atoms with Gasteiger partial charge in [0.05, 0.1) is 5.60 Å². The van der Waals surface area contributed by atoms with Crippen LogP contribution in [0.15, 0.2) is 28.7 Å². The fraction of sp³-hybridized carbons (Fsp3) is 0.562. The van der Waals surface area contributed by atoms with E-state index in [2.05, 4.69) is 15.9 Å². The number of nitrogens with zero attached hydrogens (tertiary/aromatic N) is 1. The molecule has 0 bridgehead atoms. The highest BCUT2D eigenvalue weighted by Crippen LogP contribution is 2.40. The molecule has 1 aliphatic heterocycles. The second kappa shape index (κ2) is 5.49. The van der Waals surface area contributed by atoms with Crippen LogP contribution in [-0.2, 0) is 0 Å². The van der Waals surface area contributed by atoms with E-state index < -0.39 is 5.60 Å². The van der Waals surface area contributed by atoms with Crippen molar-refractivity contribution >= 4 is 21.8 Å². The summed E-state index contributed by atoms with van der Waals surface area (Å²) in [7, 11) is 0. The smallest absolute Gasteiger partial charge is 0.253 e. The molecule has 3 rings (SSSR count). The number of fused-ring (bicyclic) bond motifs is 1. The minimum Gasteiger partial charge on any atom is -0.389 e. The van der Waals surface area contributed by atoms with E-state index in [4.69, 9.17) is 0 Å². The number of likely N-dealkylation sites (tertiary alicyclic amines) is 1. The second-order valence-corrected chi connectivity index (χ2v) is 6.97. The molecular formula is C16H20BrNO2. The Balaban J connectivity index is 1.74. The van der Waals surface area contributed by atoms with Crippen LogP contribution in [0.1, 0.15) is 42.5 Å². The lowest BCUT2D eigenvalue weighted by Gasteiger charge is -2.47. The number of amides is 1. The fourth-order valence-electron chi connectivity index (χ4n) is 3.56. The summed E-state index contributed by atoms with van der Waals surface area (Å²) in [5, 5.41) is 10.7. The zero-order valence-corrected chi connectivity index (χ0v) is 13.1. The van der Waals surface area contributed by atoms with Crippen LogP contribution in [0.3, 0.4) is 0 Å². The van der Waals surface area contributed by atoms with Crippen LogP contribution in [0, 0.1) is 5.92 Å². The number of rotatable bonds is 1. The topological polar surface area (TPSA) is 40.5 Å². The van der Waals surface area contributed by atoms with Gasteiger partial charge in [0, 0.05) is 29.0 Å². The molecule has 1 saturated carbocycles. The molecule has 0 unspecified atom stereocenters. The average Bonchev–Trinajstić information content (AvgIpc) is 2.45. The van der Waals surface area contributed by atoms with Crippen LogP contribution >= 0.6 is 15.9 Å². The van der Waals surface area contributed by atoms with E-state index in [1.165, 1.54) is 6.42 Å². The fourth-order valence-corrected chi connectivity index (χ4v) is 3.96. The molecule has 2 fully saturated rings. The van der Waals surface area contributed by atoms with Crippen LogP contribution in [0.5, 0.6) is 0 Å². The molecule has 0 aromatic heterocycles. The second-order valence-electron chi connectivity index (χ2n) is 6.06. The summed E-state index contributed by atoms with van der Waals surface area (Å²) in [5.74, 6) is 0.333. The lowest BCUT2D eigenvalue weighted by atomic mass is 9.71. The van der Waals surface area contributed by atoms with Crippen LogP contribution in [0.2, 0.25) is 0 Å². The van der Waals surface area contributed by atoms with Gasteiger partial charge in [0.1, 0.15) is 0 Å². The molecule has 20 heavy (non-hydrogen) atoms. The summed E-state index contributed by atoms with van der Waals surface area (Å²) in [5.41, 5.74) is 0.201. The van der Waals surface area contributed by atoms with E-state index in [0.29, 0.717) is 13.1 Å². The quantitative estimate of drug-likeness (QED) is 0.854. The summed E-state index contributed by atoms with van der Waals surface area (Å²) in [6.07, 6.45) is 4.95. The maximum absolute atomic E-state index is 12.6.